The maximum atomic E-state index is 13.0. The molecule has 2 fully saturated rings. The van der Waals surface area contributed by atoms with Gasteiger partial charge in [0.15, 0.2) is 5.78 Å². The molecule has 3 atom stereocenters. The summed E-state index contributed by atoms with van der Waals surface area (Å²) in [5.41, 5.74) is 6.42. The number of nitrogens with two attached hydrogens (primary N) is 1. The average Bonchev–Trinajstić information content (AvgIpc) is 3.01. The third kappa shape index (κ3) is 4.14. The molecule has 6 heteroatoms. The van der Waals surface area contributed by atoms with E-state index >= 15 is 0 Å². The van der Waals surface area contributed by atoms with Crippen LogP contribution in [0.25, 0.3) is 0 Å². The molecule has 1 amide bonds. The highest BCUT2D eigenvalue weighted by Gasteiger charge is 2.35. The SMILES string of the molecule is Cl.NC1CCC(C(=O)N2CCCC(C(=O)c3ccc(F)cc3)C2)C1. The van der Waals surface area contributed by atoms with Crippen molar-refractivity contribution in [3.63, 3.8) is 0 Å². The summed E-state index contributed by atoms with van der Waals surface area (Å²) in [5, 5.41) is 0. The molecule has 1 aliphatic carbocycles. The first-order valence-corrected chi connectivity index (χ1v) is 8.38. The lowest BCUT2D eigenvalue weighted by Crippen LogP contribution is -2.44. The van der Waals surface area contributed by atoms with Crippen molar-refractivity contribution in [2.45, 2.75) is 38.1 Å². The van der Waals surface area contributed by atoms with Gasteiger partial charge in [-0.05, 0) is 56.4 Å². The molecule has 1 saturated carbocycles. The second-order valence-electron chi connectivity index (χ2n) is 6.76. The van der Waals surface area contributed by atoms with Gasteiger partial charge in [-0.25, -0.2) is 4.39 Å². The maximum absolute atomic E-state index is 13.0. The number of hydrogen-bond acceptors (Lipinski definition) is 3. The van der Waals surface area contributed by atoms with E-state index in [2.05, 4.69) is 0 Å². The second-order valence-corrected chi connectivity index (χ2v) is 6.76. The molecular formula is C18H24ClFN2O2. The summed E-state index contributed by atoms with van der Waals surface area (Å²) >= 11 is 0. The van der Waals surface area contributed by atoms with Crippen LogP contribution in [0.2, 0.25) is 0 Å². The fourth-order valence-electron chi connectivity index (χ4n) is 3.74. The molecule has 2 aliphatic rings. The van der Waals surface area contributed by atoms with Crippen LogP contribution < -0.4 is 5.73 Å². The molecule has 3 rings (SSSR count). The third-order valence-corrected chi connectivity index (χ3v) is 5.06. The van der Waals surface area contributed by atoms with E-state index in [4.69, 9.17) is 5.73 Å². The number of Topliss-reactive ketones (excluding diaryl/α,β-unsaturated/α-hetero) is 1. The zero-order chi connectivity index (χ0) is 16.4. The van der Waals surface area contributed by atoms with Crippen LogP contribution in [0.1, 0.15) is 42.5 Å². The molecule has 132 valence electrons. The number of benzene rings is 1. The fraction of sp³-hybridized carbons (Fsp3) is 0.556. The van der Waals surface area contributed by atoms with E-state index in [-0.39, 0.29) is 47.8 Å². The Bertz CT molecular complexity index is 593. The van der Waals surface area contributed by atoms with Gasteiger partial charge in [0, 0.05) is 36.5 Å². The molecular weight excluding hydrogens is 331 g/mol. The van der Waals surface area contributed by atoms with Gasteiger partial charge in [-0.2, -0.15) is 0 Å². The molecule has 0 radical (unpaired) electrons. The number of carbonyl (C=O) groups excluding carboxylic acids is 2. The molecule has 1 heterocycles. The molecule has 0 aromatic heterocycles. The number of amides is 1. The van der Waals surface area contributed by atoms with Crippen molar-refractivity contribution in [2.75, 3.05) is 13.1 Å². The fourth-order valence-corrected chi connectivity index (χ4v) is 3.74. The van der Waals surface area contributed by atoms with E-state index in [1.165, 1.54) is 24.3 Å². The predicted molar refractivity (Wildman–Crippen MR) is 92.6 cm³/mol. The Balaban J connectivity index is 0.00000208. The Labute approximate surface area is 148 Å². The summed E-state index contributed by atoms with van der Waals surface area (Å²) < 4.78 is 13.0. The first-order chi connectivity index (χ1) is 11.0. The van der Waals surface area contributed by atoms with Gasteiger partial charge in [0.25, 0.3) is 0 Å². The first kappa shape index (κ1) is 18.9. The van der Waals surface area contributed by atoms with Crippen molar-refractivity contribution in [3.8, 4) is 0 Å². The van der Waals surface area contributed by atoms with Gasteiger partial charge in [-0.15, -0.1) is 12.4 Å². The molecule has 1 aromatic rings. The molecule has 1 saturated heterocycles. The summed E-state index contributed by atoms with van der Waals surface area (Å²) in [6.07, 6.45) is 4.13. The molecule has 4 nitrogen and oxygen atoms in total. The normalized spacial score (nSPS) is 26.8. The van der Waals surface area contributed by atoms with Crippen molar-refractivity contribution in [1.82, 2.24) is 4.90 Å². The van der Waals surface area contributed by atoms with Crippen molar-refractivity contribution >= 4 is 24.1 Å². The van der Waals surface area contributed by atoms with Crippen LogP contribution in [-0.4, -0.2) is 35.7 Å². The van der Waals surface area contributed by atoms with Crippen LogP contribution in [0, 0.1) is 17.7 Å². The summed E-state index contributed by atoms with van der Waals surface area (Å²) in [6.45, 7) is 1.19. The van der Waals surface area contributed by atoms with E-state index in [0.717, 1.165) is 38.6 Å². The Morgan fingerprint density at radius 3 is 2.42 bits per heavy atom. The number of likely N-dealkylation sites (tertiary alicyclic amines) is 1. The first-order valence-electron chi connectivity index (χ1n) is 8.38. The third-order valence-electron chi connectivity index (χ3n) is 5.06. The van der Waals surface area contributed by atoms with Gasteiger partial charge in [-0.3, -0.25) is 9.59 Å². The Morgan fingerprint density at radius 2 is 1.79 bits per heavy atom. The minimum absolute atomic E-state index is 0. The van der Waals surface area contributed by atoms with E-state index in [0.29, 0.717) is 12.1 Å². The van der Waals surface area contributed by atoms with Crippen LogP contribution >= 0.6 is 12.4 Å². The lowest BCUT2D eigenvalue weighted by atomic mass is 9.89. The summed E-state index contributed by atoms with van der Waals surface area (Å²) in [6, 6.07) is 5.78. The van der Waals surface area contributed by atoms with Gasteiger partial charge in [-0.1, -0.05) is 0 Å². The van der Waals surface area contributed by atoms with Crippen LogP contribution in [0.4, 0.5) is 4.39 Å². The number of nitrogens with zero attached hydrogens (tertiary/aromatic N) is 1. The highest BCUT2D eigenvalue weighted by molar-refractivity contribution is 5.98. The minimum atomic E-state index is -0.348. The molecule has 3 unspecified atom stereocenters. The van der Waals surface area contributed by atoms with E-state index < -0.39 is 0 Å². The standard InChI is InChI=1S/C18H23FN2O2.ClH/c19-15-6-3-12(4-7-15)17(22)14-2-1-9-21(11-14)18(23)13-5-8-16(20)10-13;/h3-4,6-7,13-14,16H,1-2,5,8-11,20H2;1H. The van der Waals surface area contributed by atoms with Gasteiger partial charge >= 0.3 is 0 Å². The smallest absolute Gasteiger partial charge is 0.225 e. The molecule has 0 spiro atoms. The van der Waals surface area contributed by atoms with Crippen molar-refractivity contribution in [1.29, 1.82) is 0 Å². The number of rotatable bonds is 3. The molecule has 24 heavy (non-hydrogen) atoms. The van der Waals surface area contributed by atoms with Gasteiger partial charge in [0.1, 0.15) is 5.82 Å². The highest BCUT2D eigenvalue weighted by Crippen LogP contribution is 2.29. The zero-order valence-corrected chi connectivity index (χ0v) is 14.4. The van der Waals surface area contributed by atoms with Gasteiger partial charge in [0.05, 0.1) is 0 Å². The van der Waals surface area contributed by atoms with Crippen LogP contribution in [0.15, 0.2) is 24.3 Å². The summed E-state index contributed by atoms with van der Waals surface area (Å²) in [4.78, 5) is 27.0. The van der Waals surface area contributed by atoms with Crippen molar-refractivity contribution < 1.29 is 14.0 Å². The number of hydrogen-bond donors (Lipinski definition) is 1. The topological polar surface area (TPSA) is 63.4 Å². The van der Waals surface area contributed by atoms with E-state index in [1.807, 2.05) is 4.90 Å². The predicted octanol–water partition coefficient (Wildman–Crippen LogP) is 2.80. The monoisotopic (exact) mass is 354 g/mol. The minimum Gasteiger partial charge on any atom is -0.342 e. The van der Waals surface area contributed by atoms with Gasteiger partial charge < -0.3 is 10.6 Å². The van der Waals surface area contributed by atoms with E-state index in [9.17, 15) is 14.0 Å². The largest absolute Gasteiger partial charge is 0.342 e. The number of halogens is 2. The lowest BCUT2D eigenvalue weighted by Gasteiger charge is -2.33. The molecule has 1 aromatic carbocycles. The summed E-state index contributed by atoms with van der Waals surface area (Å²) in [5.74, 6) is -0.363. The Morgan fingerprint density at radius 1 is 1.08 bits per heavy atom. The Kier molecular flexibility index (Phi) is 6.35. The van der Waals surface area contributed by atoms with Crippen molar-refractivity contribution in [3.05, 3.63) is 35.6 Å². The lowest BCUT2D eigenvalue weighted by molar-refractivity contribution is -0.136. The van der Waals surface area contributed by atoms with Crippen LogP contribution in [-0.2, 0) is 4.79 Å². The zero-order valence-electron chi connectivity index (χ0n) is 13.6. The number of ketones is 1. The Hall–Kier alpha value is -1.46. The van der Waals surface area contributed by atoms with Gasteiger partial charge in [0.2, 0.25) is 5.91 Å². The number of carbonyl (C=O) groups is 2. The van der Waals surface area contributed by atoms with E-state index in [1.54, 1.807) is 0 Å². The molecule has 2 N–H and O–H groups in total. The second kappa shape index (κ2) is 8.08. The average molecular weight is 355 g/mol. The molecule has 1 aliphatic heterocycles. The maximum Gasteiger partial charge on any atom is 0.225 e. The number of piperidine rings is 1. The van der Waals surface area contributed by atoms with Crippen LogP contribution in [0.5, 0.6) is 0 Å². The van der Waals surface area contributed by atoms with Crippen LogP contribution in [0.3, 0.4) is 0 Å². The highest BCUT2D eigenvalue weighted by atomic mass is 35.5. The molecule has 0 bridgehead atoms. The van der Waals surface area contributed by atoms with Crippen molar-refractivity contribution in [2.24, 2.45) is 17.6 Å². The quantitative estimate of drug-likeness (QED) is 0.849. The summed E-state index contributed by atoms with van der Waals surface area (Å²) in [7, 11) is 0.